The van der Waals surface area contributed by atoms with Gasteiger partial charge in [-0.15, -0.1) is 0 Å². The largest absolute Gasteiger partial charge is 0.332 e. The zero-order chi connectivity index (χ0) is 12.3. The Kier molecular flexibility index (Phi) is 3.63. The highest BCUT2D eigenvalue weighted by atomic mass is 32.2. The molecule has 0 radical (unpaired) electrons. The van der Waals surface area contributed by atoms with Crippen molar-refractivity contribution in [2.45, 2.75) is 43.7 Å². The zero-order valence-corrected chi connectivity index (χ0v) is 10.6. The van der Waals surface area contributed by atoms with Crippen LogP contribution in [0.15, 0.2) is 23.4 Å². The van der Waals surface area contributed by atoms with Crippen molar-refractivity contribution in [1.29, 1.82) is 0 Å². The van der Waals surface area contributed by atoms with Gasteiger partial charge in [0.05, 0.1) is 6.20 Å². The number of aromatic nitrogens is 2. The molecular weight excluding hydrogens is 238 g/mol. The fourth-order valence-corrected chi connectivity index (χ4v) is 3.07. The lowest BCUT2D eigenvalue weighted by atomic mass is 10.0. The normalized spacial score (nSPS) is 20.6. The van der Waals surface area contributed by atoms with E-state index in [0.29, 0.717) is 12.2 Å². The molecule has 0 bridgehead atoms. The smallest absolute Gasteiger partial charge is 0.257 e. The summed E-state index contributed by atoms with van der Waals surface area (Å²) in [6.07, 6.45) is 8.70. The third-order valence-corrected chi connectivity index (χ3v) is 4.25. The van der Waals surface area contributed by atoms with Crippen molar-refractivity contribution < 1.29 is 8.42 Å². The van der Waals surface area contributed by atoms with Gasteiger partial charge >= 0.3 is 0 Å². The van der Waals surface area contributed by atoms with Crippen LogP contribution in [0.5, 0.6) is 0 Å². The topological polar surface area (TPSA) is 74.8 Å². The van der Waals surface area contributed by atoms with Crippen LogP contribution in [-0.2, 0) is 16.4 Å². The average molecular weight is 255 g/mol. The van der Waals surface area contributed by atoms with Gasteiger partial charge in [-0.05, 0) is 19.3 Å². The standard InChI is InChI=1S/C11H17N3O2S/c1-2-10-12-8-11(13-10)17(15,16)14-9-6-4-3-5-7-9/h3-4,8-9,14H,2,5-7H2,1H3,(H,12,13). The van der Waals surface area contributed by atoms with Crippen LogP contribution in [0, 0.1) is 0 Å². The molecule has 0 aliphatic heterocycles. The summed E-state index contributed by atoms with van der Waals surface area (Å²) in [5, 5.41) is 0.156. The van der Waals surface area contributed by atoms with Gasteiger partial charge in [0.2, 0.25) is 0 Å². The fraction of sp³-hybridized carbons (Fsp3) is 0.545. The van der Waals surface area contributed by atoms with Crippen LogP contribution in [0.3, 0.4) is 0 Å². The molecule has 0 fully saturated rings. The highest BCUT2D eigenvalue weighted by molar-refractivity contribution is 7.89. The van der Waals surface area contributed by atoms with Gasteiger partial charge in [0.25, 0.3) is 10.0 Å². The van der Waals surface area contributed by atoms with Crippen molar-refractivity contribution in [2.75, 3.05) is 0 Å². The van der Waals surface area contributed by atoms with E-state index in [1.54, 1.807) is 0 Å². The van der Waals surface area contributed by atoms with E-state index in [1.807, 2.05) is 13.0 Å². The summed E-state index contributed by atoms with van der Waals surface area (Å²) in [5.74, 6) is 0.689. The van der Waals surface area contributed by atoms with Crippen molar-refractivity contribution in [2.24, 2.45) is 0 Å². The van der Waals surface area contributed by atoms with E-state index in [2.05, 4.69) is 20.8 Å². The molecule has 0 spiro atoms. The van der Waals surface area contributed by atoms with E-state index in [0.717, 1.165) is 19.3 Å². The molecule has 0 saturated carbocycles. The molecule has 1 aliphatic rings. The Bertz CT molecular complexity index is 505. The maximum atomic E-state index is 12.0. The molecule has 1 unspecified atom stereocenters. The Balaban J connectivity index is 2.10. The van der Waals surface area contributed by atoms with Crippen molar-refractivity contribution in [3.63, 3.8) is 0 Å². The molecule has 0 amide bonds. The maximum Gasteiger partial charge on any atom is 0.257 e. The molecule has 1 atom stereocenters. The molecular formula is C11H17N3O2S. The molecule has 2 rings (SSSR count). The first-order chi connectivity index (χ1) is 8.12. The summed E-state index contributed by atoms with van der Waals surface area (Å²) in [5.41, 5.74) is 0. The van der Waals surface area contributed by atoms with Gasteiger partial charge in [0.1, 0.15) is 5.82 Å². The number of rotatable bonds is 4. The molecule has 94 valence electrons. The van der Waals surface area contributed by atoms with E-state index >= 15 is 0 Å². The van der Waals surface area contributed by atoms with Crippen molar-refractivity contribution >= 4 is 10.0 Å². The number of hydrogen-bond donors (Lipinski definition) is 2. The first kappa shape index (κ1) is 12.3. The Morgan fingerprint density at radius 3 is 2.94 bits per heavy atom. The van der Waals surface area contributed by atoms with Crippen LogP contribution < -0.4 is 4.72 Å². The number of H-pyrrole nitrogens is 1. The predicted molar refractivity (Wildman–Crippen MR) is 65.1 cm³/mol. The van der Waals surface area contributed by atoms with E-state index in [1.165, 1.54) is 6.20 Å². The van der Waals surface area contributed by atoms with Gasteiger partial charge in [-0.25, -0.2) is 18.1 Å². The second kappa shape index (κ2) is 5.01. The molecule has 1 aromatic rings. The van der Waals surface area contributed by atoms with Crippen molar-refractivity contribution in [1.82, 2.24) is 14.7 Å². The third kappa shape index (κ3) is 2.95. The molecule has 1 aromatic heterocycles. The summed E-state index contributed by atoms with van der Waals surface area (Å²) < 4.78 is 26.7. The molecule has 1 heterocycles. The van der Waals surface area contributed by atoms with E-state index in [-0.39, 0.29) is 11.1 Å². The van der Waals surface area contributed by atoms with Gasteiger partial charge in [0, 0.05) is 12.5 Å². The van der Waals surface area contributed by atoms with Crippen molar-refractivity contribution in [3.8, 4) is 0 Å². The predicted octanol–water partition coefficient (Wildman–Crippen LogP) is 1.36. The summed E-state index contributed by atoms with van der Waals surface area (Å²) in [6, 6.07) is -0.00150. The highest BCUT2D eigenvalue weighted by Gasteiger charge is 2.21. The molecule has 0 saturated heterocycles. The van der Waals surface area contributed by atoms with Gasteiger partial charge in [-0.3, -0.25) is 0 Å². The third-order valence-electron chi connectivity index (χ3n) is 2.82. The molecule has 6 heteroatoms. The van der Waals surface area contributed by atoms with E-state index in [4.69, 9.17) is 0 Å². The summed E-state index contributed by atoms with van der Waals surface area (Å²) in [4.78, 5) is 6.82. The molecule has 0 aromatic carbocycles. The second-order valence-electron chi connectivity index (χ2n) is 4.15. The van der Waals surface area contributed by atoms with Crippen LogP contribution >= 0.6 is 0 Å². The number of allylic oxidation sites excluding steroid dienone is 1. The van der Waals surface area contributed by atoms with Crippen LogP contribution in [0.25, 0.3) is 0 Å². The Morgan fingerprint density at radius 2 is 2.35 bits per heavy atom. The lowest BCUT2D eigenvalue weighted by Crippen LogP contribution is -2.35. The fourth-order valence-electron chi connectivity index (χ4n) is 1.84. The minimum absolute atomic E-state index is 0.00150. The number of aryl methyl sites for hydroxylation is 1. The second-order valence-corrected chi connectivity index (χ2v) is 5.83. The van der Waals surface area contributed by atoms with Gasteiger partial charge in [0.15, 0.2) is 5.03 Å². The zero-order valence-electron chi connectivity index (χ0n) is 9.81. The Labute approximate surface area is 101 Å². The average Bonchev–Trinajstić information content (AvgIpc) is 2.79. The summed E-state index contributed by atoms with van der Waals surface area (Å²) >= 11 is 0. The lowest BCUT2D eigenvalue weighted by Gasteiger charge is -2.18. The summed E-state index contributed by atoms with van der Waals surface area (Å²) in [7, 11) is -3.45. The SMILES string of the molecule is CCc1ncc(S(=O)(=O)NC2CC=CCC2)[nH]1. The first-order valence-corrected chi connectivity index (χ1v) is 7.31. The van der Waals surface area contributed by atoms with Crippen molar-refractivity contribution in [3.05, 3.63) is 24.2 Å². The lowest BCUT2D eigenvalue weighted by molar-refractivity contribution is 0.520. The molecule has 5 nitrogen and oxygen atoms in total. The monoisotopic (exact) mass is 255 g/mol. The molecule has 2 N–H and O–H groups in total. The highest BCUT2D eigenvalue weighted by Crippen LogP contribution is 2.14. The Hall–Kier alpha value is -1.14. The quantitative estimate of drug-likeness (QED) is 0.798. The van der Waals surface area contributed by atoms with E-state index < -0.39 is 10.0 Å². The van der Waals surface area contributed by atoms with Gasteiger partial charge in [-0.2, -0.15) is 0 Å². The number of imidazole rings is 1. The van der Waals surface area contributed by atoms with Crippen LogP contribution in [0.1, 0.15) is 32.0 Å². The summed E-state index contributed by atoms with van der Waals surface area (Å²) in [6.45, 7) is 1.93. The number of sulfonamides is 1. The number of aromatic amines is 1. The number of nitrogens with one attached hydrogen (secondary N) is 2. The number of nitrogens with zero attached hydrogens (tertiary/aromatic N) is 1. The molecule has 1 aliphatic carbocycles. The minimum atomic E-state index is -3.45. The van der Waals surface area contributed by atoms with E-state index in [9.17, 15) is 8.42 Å². The molecule has 17 heavy (non-hydrogen) atoms. The van der Waals surface area contributed by atoms with Crippen LogP contribution in [0.2, 0.25) is 0 Å². The van der Waals surface area contributed by atoms with Gasteiger partial charge in [-0.1, -0.05) is 19.1 Å². The Morgan fingerprint density at radius 1 is 1.53 bits per heavy atom. The van der Waals surface area contributed by atoms with Gasteiger partial charge < -0.3 is 4.98 Å². The number of hydrogen-bond acceptors (Lipinski definition) is 3. The van der Waals surface area contributed by atoms with Crippen LogP contribution in [0.4, 0.5) is 0 Å². The maximum absolute atomic E-state index is 12.0. The first-order valence-electron chi connectivity index (χ1n) is 5.83. The minimum Gasteiger partial charge on any atom is -0.332 e. The van der Waals surface area contributed by atoms with Crippen LogP contribution in [-0.4, -0.2) is 24.4 Å².